The van der Waals surface area contributed by atoms with E-state index in [9.17, 15) is 0 Å². The molecule has 744 valence electrons. The Bertz CT molecular complexity index is 7170. The molecule has 139 heavy (non-hydrogen) atoms. The number of furan rings is 2. The van der Waals surface area contributed by atoms with Crippen LogP contribution in [0.4, 0.5) is 0 Å². The first-order valence-corrected chi connectivity index (χ1v) is 58.8. The monoisotopic (exact) mass is 2050 g/mol. The van der Waals surface area contributed by atoms with E-state index >= 15 is 0 Å². The Morgan fingerprint density at radius 2 is 0.453 bits per heavy atom. The molecule has 0 radical (unpaired) electrons. The van der Waals surface area contributed by atoms with Gasteiger partial charge >= 0.3 is 196 Å². The van der Waals surface area contributed by atoms with Crippen LogP contribution in [0.5, 0.6) is 0 Å². The van der Waals surface area contributed by atoms with E-state index in [-0.39, 0.29) is 0 Å². The van der Waals surface area contributed by atoms with Crippen LogP contribution in [0, 0.1) is 374 Å². The van der Waals surface area contributed by atoms with Crippen LogP contribution in [0.15, 0.2) is 8.83 Å². The smallest absolute Gasteiger partial charge is 0.137 e. The third-order valence-corrected chi connectivity index (χ3v) is 48.7. The van der Waals surface area contributed by atoms with Gasteiger partial charge in [0.25, 0.3) is 0 Å². The van der Waals surface area contributed by atoms with E-state index in [1.54, 1.807) is 60.8 Å². The number of rotatable bonds is 0. The largest absolute Gasteiger partial charge is 0.466 e. The van der Waals surface area contributed by atoms with Gasteiger partial charge in [-0.3, -0.25) is 0 Å². The van der Waals surface area contributed by atoms with Crippen LogP contribution in [0.25, 0.3) is 83.4 Å². The summed E-state index contributed by atoms with van der Waals surface area (Å²) in [6, 6.07) is 0. The molecular weight excluding hydrogens is 1870 g/mol. The van der Waals surface area contributed by atoms with Crippen LogP contribution < -0.4 is 10.4 Å². The average Bonchev–Trinajstić information content (AvgIpc) is 1.54. The molecule has 0 unspecified atom stereocenters. The molecule has 0 bridgehead atoms. The predicted octanol–water partition coefficient (Wildman–Crippen LogP) is 36.8. The van der Waals surface area contributed by atoms with E-state index in [1.807, 2.05) is 43.4 Å². The first-order valence-electron chi connectivity index (χ1n) is 50.7. The van der Waals surface area contributed by atoms with Crippen LogP contribution in [-0.4, -0.2) is 46.2 Å². The van der Waals surface area contributed by atoms with Crippen molar-refractivity contribution in [3.63, 3.8) is 0 Å². The molecule has 0 N–H and O–H groups in total. The first kappa shape index (κ1) is 112. The molecule has 9 heterocycles. The van der Waals surface area contributed by atoms with Gasteiger partial charge in [-0.05, 0) is 507 Å². The molecule has 0 atom stereocenters. The zero-order valence-electron chi connectivity index (χ0n) is 97.8. The zero-order valence-corrected chi connectivity index (χ0v) is 104. The maximum atomic E-state index is 5.85. The summed E-state index contributed by atoms with van der Waals surface area (Å²) >= 11 is 5.04. The Labute approximate surface area is 863 Å². The maximum absolute atomic E-state index is 5.85. The number of aromatic nitrogens is 2. The summed E-state index contributed by atoms with van der Waals surface area (Å²) in [5, 5.41) is 13.8. The Kier molecular flexibility index (Phi) is 34.1. The fourth-order valence-corrected chi connectivity index (χ4v) is 34.8. The number of hydrogen-bond acceptors (Lipinski definition) is 4. The van der Waals surface area contributed by atoms with Gasteiger partial charge in [0.2, 0.25) is 0 Å². The molecule has 17 aromatic rings. The molecule has 9 aromatic carbocycles. The molecule has 4 nitrogen and oxygen atoms in total. The zero-order chi connectivity index (χ0) is 105. The van der Waals surface area contributed by atoms with Crippen molar-refractivity contribution in [3.8, 4) is 11.1 Å². The summed E-state index contributed by atoms with van der Waals surface area (Å²) in [6.45, 7) is 126. The van der Waals surface area contributed by atoms with Crippen molar-refractivity contribution in [1.82, 2.24) is 9.13 Å². The van der Waals surface area contributed by atoms with Crippen molar-refractivity contribution in [2.45, 2.75) is 387 Å². The van der Waals surface area contributed by atoms with Gasteiger partial charge in [-0.2, -0.15) is 0 Å². The predicted molar refractivity (Wildman–Crippen MR) is 631 cm³/mol. The second-order valence-corrected chi connectivity index (χ2v) is 54.9. The fraction of sp³-hybridized carbons (Fsp3) is 0.446. The molecule has 0 saturated heterocycles. The van der Waals surface area contributed by atoms with Gasteiger partial charge in [-0.1, -0.05) is 13.1 Å². The summed E-state index contributed by atoms with van der Waals surface area (Å²) in [6.07, 6.45) is 0. The summed E-state index contributed by atoms with van der Waals surface area (Å²) in [4.78, 5) is 2.93. The van der Waals surface area contributed by atoms with Crippen LogP contribution in [-0.2, 0) is 14.1 Å². The van der Waals surface area contributed by atoms with Gasteiger partial charge in [0.1, 0.15) is 30.9 Å². The van der Waals surface area contributed by atoms with Crippen molar-refractivity contribution in [3.05, 3.63) is 298 Å². The molecule has 0 amide bonds. The minimum absolute atomic E-state index is 0.464. The van der Waals surface area contributed by atoms with Crippen molar-refractivity contribution < 1.29 is 8.83 Å². The van der Waals surface area contributed by atoms with E-state index in [4.69, 9.17) is 8.83 Å². The molecule has 8 aromatic heterocycles. The fourth-order valence-electron chi connectivity index (χ4n) is 22.4. The SMILES string of the molecule is Cc1[se]c(C)c(C)c1C.Cc1c(C)c(C)c2c([se]c3c(C)c(C)c(C)c(C)c32)c1C.Cc1c(C)c(C)c2c(c1C)-c1c(C)c(C)c(C)c(C)c1[Si]2(C)C.Cc1c(C)c(C)c2c(c1C)c1c(C)c(C)c(C)c(C)c1n2C.Cc1c(C)c(C)c2c(sc3c(C)c(C)c(C)c(C)c32)c1C.Cc1c(C)c(C)n(C)c1C.Cc1oc(C)c(C)c1C.Cc1oc2c(C)c(C)c(C)c(C)c2c1C.Cc1sc(C)c(C)c1C. The van der Waals surface area contributed by atoms with Gasteiger partial charge in [0, 0.05) is 71.6 Å². The van der Waals surface area contributed by atoms with Gasteiger partial charge in [0.05, 0.1) is 11.0 Å². The summed E-state index contributed by atoms with van der Waals surface area (Å²) in [5.41, 5.74) is 75.1. The molecule has 0 spiro atoms. The number of thiophene rings is 2. The van der Waals surface area contributed by atoms with Crippen molar-refractivity contribution >= 4 is 142 Å². The number of fused-ring (bicyclic) bond motifs is 13. The Balaban J connectivity index is 0.000000165. The number of nitrogens with zero attached hydrogens (tertiary/aromatic N) is 2. The quantitative estimate of drug-likeness (QED) is 0.142. The van der Waals surface area contributed by atoms with Gasteiger partial charge in [-0.25, -0.2) is 0 Å². The van der Waals surface area contributed by atoms with Crippen LogP contribution >= 0.6 is 22.7 Å². The molecule has 1 aliphatic rings. The minimum atomic E-state index is -1.64. The molecule has 18 rings (SSSR count). The van der Waals surface area contributed by atoms with Crippen LogP contribution in [0.1, 0.15) is 298 Å². The molecule has 9 heteroatoms. The van der Waals surface area contributed by atoms with Gasteiger partial charge in [-0.15, -0.1) is 22.7 Å². The Hall–Kier alpha value is -8.46. The Morgan fingerprint density at radius 1 is 0.194 bits per heavy atom. The topological polar surface area (TPSA) is 36.1 Å². The third-order valence-electron chi connectivity index (χ3n) is 36.8. The van der Waals surface area contributed by atoms with E-state index in [1.165, 1.54) is 308 Å². The second kappa shape index (κ2) is 42.1. The van der Waals surface area contributed by atoms with Crippen molar-refractivity contribution in [1.29, 1.82) is 0 Å². The first-order chi connectivity index (χ1) is 64.1. The van der Waals surface area contributed by atoms with E-state index in [0.717, 1.165) is 22.9 Å². The molecular formula is C130H174N2O2S2Se2Si. The Morgan fingerprint density at radius 3 is 0.727 bits per heavy atom. The second-order valence-electron chi connectivity index (χ2n) is 43.0. The summed E-state index contributed by atoms with van der Waals surface area (Å²) in [7, 11) is 2.70. The standard InChI is InChI=1S/C22H30Si.C21H27N.C20H24S.C20H24Se.C14H18O.C9H15N.C8H12O.C8H12S.C8H12Se/c1-11-13(3)17(7)21-19(15(11)5)20-16(6)12(2)14(4)18(8)22(20)23(21,9)10;1-10-12(3)16(7)20-18(14(10)5)19-15(6)11(2)13(4)17(8)21(19)22(20)9;2*1-9-11(3)15(7)19-17(13(9)5)18-14(6)10(2)12(4)16(8)20(18)21-19;1-7-8(2)10(4)14-13(9(7)3)11(5)12(6)15-14;1-6-7(2)9(4)10(5)8(6)3;3*1-5-6(2)8(4)9-7(5)3/h1-10H3;1-9H3;2*1-8H3;1-6H3;1-5H3;3*1-4H3. The number of benzene rings is 9. The maximum Gasteiger partial charge on any atom is 0.137 e. The number of aryl methyl sites for hydroxylation is 23. The summed E-state index contributed by atoms with van der Waals surface area (Å²) in [5.74, 6) is 3.14. The normalized spacial score (nSPS) is 11.9. The van der Waals surface area contributed by atoms with E-state index < -0.39 is 8.07 Å². The van der Waals surface area contributed by atoms with Crippen LogP contribution in [0.2, 0.25) is 13.1 Å². The molecule has 1 aliphatic heterocycles. The molecule has 0 saturated carbocycles. The van der Waals surface area contributed by atoms with E-state index in [2.05, 4.69) is 389 Å². The molecule has 0 fully saturated rings. The van der Waals surface area contributed by atoms with Crippen molar-refractivity contribution in [2.24, 2.45) is 14.1 Å². The third kappa shape index (κ3) is 19.2. The average molecular weight is 2050 g/mol. The van der Waals surface area contributed by atoms with Gasteiger partial charge in [0.15, 0.2) is 0 Å². The summed E-state index contributed by atoms with van der Waals surface area (Å²) < 4.78 is 25.3. The van der Waals surface area contributed by atoms with E-state index in [0.29, 0.717) is 29.0 Å². The minimum Gasteiger partial charge on any atom is -0.466 e. The van der Waals surface area contributed by atoms with Gasteiger partial charge < -0.3 is 18.0 Å². The van der Waals surface area contributed by atoms with Crippen LogP contribution in [0.3, 0.4) is 0 Å². The molecule has 0 aliphatic carbocycles. The number of hydrogen-bond donors (Lipinski definition) is 0. The van der Waals surface area contributed by atoms with Crippen molar-refractivity contribution in [2.75, 3.05) is 0 Å².